The number of rotatable bonds is 2. The van der Waals surface area contributed by atoms with E-state index in [4.69, 9.17) is 0 Å². The number of hydrogen-bond acceptors (Lipinski definition) is 6. The Kier molecular flexibility index (Phi) is 3.62. The highest BCUT2D eigenvalue weighted by atomic mass is 32.1. The van der Waals surface area contributed by atoms with E-state index in [1.807, 2.05) is 0 Å². The lowest BCUT2D eigenvalue weighted by atomic mass is 10.1. The molecule has 0 N–H and O–H groups in total. The predicted molar refractivity (Wildman–Crippen MR) is 70.8 cm³/mol. The van der Waals surface area contributed by atoms with Crippen LogP contribution in [0.15, 0.2) is 29.1 Å². The zero-order chi connectivity index (χ0) is 14.0. The molecule has 5 nitrogen and oxygen atoms in total. The predicted octanol–water partition coefficient (Wildman–Crippen LogP) is 1.83. The molecular formula is C13H10O5S. The molecule has 1 heterocycles. The fraction of sp³-hybridized carbons (Fsp3) is 0.154. The summed E-state index contributed by atoms with van der Waals surface area (Å²) in [6, 6.07) is 6.74. The zero-order valence-electron chi connectivity index (χ0n) is 10.3. The van der Waals surface area contributed by atoms with Gasteiger partial charge in [0.1, 0.15) is 10.4 Å². The molecule has 2 rings (SSSR count). The van der Waals surface area contributed by atoms with E-state index in [0.717, 1.165) is 18.4 Å². The van der Waals surface area contributed by atoms with Crippen molar-refractivity contribution in [1.29, 1.82) is 0 Å². The summed E-state index contributed by atoms with van der Waals surface area (Å²) >= 11 is 1.03. The van der Waals surface area contributed by atoms with Crippen LogP contribution in [0.1, 0.15) is 20.0 Å². The molecule has 0 amide bonds. The number of fused-ring (bicyclic) bond motifs is 1. The van der Waals surface area contributed by atoms with E-state index >= 15 is 0 Å². The quantitative estimate of drug-likeness (QED) is 0.784. The summed E-state index contributed by atoms with van der Waals surface area (Å²) < 4.78 is 9.77. The number of carbonyl (C=O) groups is 2. The molecule has 0 atom stereocenters. The van der Waals surface area contributed by atoms with Crippen LogP contribution in [-0.4, -0.2) is 26.2 Å². The standard InChI is InChI=1S/C13H10O5S/c1-17-12(15)9-10(14)7-5-3-4-6-8(7)19-11(9)13(16)18-2/h3-6H,1-2H3. The fourth-order valence-electron chi connectivity index (χ4n) is 1.67. The van der Waals surface area contributed by atoms with Crippen molar-refractivity contribution in [2.45, 2.75) is 0 Å². The van der Waals surface area contributed by atoms with E-state index in [2.05, 4.69) is 9.47 Å². The van der Waals surface area contributed by atoms with E-state index < -0.39 is 17.4 Å². The molecule has 0 aliphatic heterocycles. The molecule has 0 aliphatic carbocycles. The number of esters is 2. The van der Waals surface area contributed by atoms with Crippen molar-refractivity contribution in [3.8, 4) is 0 Å². The number of methoxy groups -OCH3 is 2. The van der Waals surface area contributed by atoms with Crippen LogP contribution < -0.4 is 5.43 Å². The van der Waals surface area contributed by atoms with Gasteiger partial charge >= 0.3 is 11.9 Å². The minimum atomic E-state index is -0.840. The molecule has 1 aromatic carbocycles. The van der Waals surface area contributed by atoms with Crippen LogP contribution in [-0.2, 0) is 9.47 Å². The van der Waals surface area contributed by atoms with Crippen LogP contribution in [0, 0.1) is 0 Å². The van der Waals surface area contributed by atoms with E-state index in [1.165, 1.54) is 7.11 Å². The van der Waals surface area contributed by atoms with Crippen LogP contribution in [0.4, 0.5) is 0 Å². The van der Waals surface area contributed by atoms with Crippen molar-refractivity contribution in [1.82, 2.24) is 0 Å². The summed E-state index contributed by atoms with van der Waals surface area (Å²) in [7, 11) is 2.35. The van der Waals surface area contributed by atoms with Gasteiger partial charge in [0.25, 0.3) is 0 Å². The molecule has 0 unspecified atom stereocenters. The smallest absolute Gasteiger partial charge is 0.349 e. The molecule has 0 spiro atoms. The molecule has 2 aromatic rings. The van der Waals surface area contributed by atoms with E-state index in [9.17, 15) is 14.4 Å². The van der Waals surface area contributed by atoms with Crippen LogP contribution in [0.2, 0.25) is 0 Å². The van der Waals surface area contributed by atoms with Crippen molar-refractivity contribution < 1.29 is 19.1 Å². The van der Waals surface area contributed by atoms with Crippen molar-refractivity contribution in [3.63, 3.8) is 0 Å². The Balaban J connectivity index is 2.88. The lowest BCUT2D eigenvalue weighted by Gasteiger charge is -2.06. The summed E-state index contributed by atoms with van der Waals surface area (Å²) in [4.78, 5) is 35.6. The number of ether oxygens (including phenoxy) is 2. The molecular weight excluding hydrogens is 268 g/mol. The maximum Gasteiger partial charge on any atom is 0.349 e. The van der Waals surface area contributed by atoms with Gasteiger partial charge in [0.2, 0.25) is 5.43 Å². The third kappa shape index (κ3) is 2.22. The van der Waals surface area contributed by atoms with Gasteiger partial charge in [-0.3, -0.25) is 4.79 Å². The SMILES string of the molecule is COC(=O)c1sc2ccccc2c(=O)c1C(=O)OC. The highest BCUT2D eigenvalue weighted by Crippen LogP contribution is 2.23. The molecule has 0 aliphatic rings. The van der Waals surface area contributed by atoms with Crippen LogP contribution in [0.3, 0.4) is 0 Å². The van der Waals surface area contributed by atoms with Crippen molar-refractivity contribution >= 4 is 33.4 Å². The first-order chi connectivity index (χ1) is 9.10. The normalized spacial score (nSPS) is 10.2. The molecule has 1 aromatic heterocycles. The van der Waals surface area contributed by atoms with E-state index in [1.54, 1.807) is 24.3 Å². The molecule has 0 radical (unpaired) electrons. The van der Waals surface area contributed by atoms with E-state index in [-0.39, 0.29) is 10.4 Å². The fourth-order valence-corrected chi connectivity index (χ4v) is 2.75. The van der Waals surface area contributed by atoms with Crippen LogP contribution in [0.5, 0.6) is 0 Å². The van der Waals surface area contributed by atoms with Gasteiger partial charge in [-0.2, -0.15) is 0 Å². The lowest BCUT2D eigenvalue weighted by molar-refractivity contribution is 0.0558. The molecule has 0 saturated carbocycles. The Morgan fingerprint density at radius 3 is 2.32 bits per heavy atom. The van der Waals surface area contributed by atoms with E-state index in [0.29, 0.717) is 10.1 Å². The number of hydrogen-bond donors (Lipinski definition) is 0. The first-order valence-electron chi connectivity index (χ1n) is 5.32. The lowest BCUT2D eigenvalue weighted by Crippen LogP contribution is -2.21. The molecule has 19 heavy (non-hydrogen) atoms. The van der Waals surface area contributed by atoms with Gasteiger partial charge in [-0.05, 0) is 12.1 Å². The molecule has 0 bridgehead atoms. The molecule has 0 fully saturated rings. The maximum absolute atomic E-state index is 12.3. The summed E-state index contributed by atoms with van der Waals surface area (Å²) in [5.74, 6) is -1.57. The van der Waals surface area contributed by atoms with Crippen LogP contribution >= 0.6 is 11.3 Å². The average Bonchev–Trinajstić information content (AvgIpc) is 2.45. The number of carbonyl (C=O) groups excluding carboxylic acids is 2. The molecule has 6 heteroatoms. The molecule has 98 valence electrons. The Hall–Kier alpha value is -2.21. The Morgan fingerprint density at radius 1 is 1.05 bits per heavy atom. The summed E-state index contributed by atoms with van der Waals surface area (Å²) in [5.41, 5.74) is -0.806. The van der Waals surface area contributed by atoms with Gasteiger partial charge in [0, 0.05) is 10.1 Å². The topological polar surface area (TPSA) is 69.7 Å². The van der Waals surface area contributed by atoms with Gasteiger partial charge < -0.3 is 9.47 Å². The first kappa shape index (κ1) is 13.2. The van der Waals surface area contributed by atoms with Crippen molar-refractivity contribution in [3.05, 3.63) is 44.9 Å². The van der Waals surface area contributed by atoms with Crippen molar-refractivity contribution in [2.24, 2.45) is 0 Å². The monoisotopic (exact) mass is 278 g/mol. The number of benzene rings is 1. The minimum absolute atomic E-state index is 0.0435. The van der Waals surface area contributed by atoms with Gasteiger partial charge in [-0.25, -0.2) is 9.59 Å². The second-order valence-electron chi connectivity index (χ2n) is 3.61. The highest BCUT2D eigenvalue weighted by Gasteiger charge is 2.24. The third-order valence-electron chi connectivity index (χ3n) is 2.56. The molecule has 0 saturated heterocycles. The second kappa shape index (κ2) is 5.19. The highest BCUT2D eigenvalue weighted by molar-refractivity contribution is 7.20. The van der Waals surface area contributed by atoms with Crippen LogP contribution in [0.25, 0.3) is 10.1 Å². The average molecular weight is 278 g/mol. The van der Waals surface area contributed by atoms with Gasteiger partial charge in [-0.15, -0.1) is 11.3 Å². The van der Waals surface area contributed by atoms with Gasteiger partial charge in [-0.1, -0.05) is 12.1 Å². The summed E-state index contributed by atoms with van der Waals surface area (Å²) in [6.45, 7) is 0. The minimum Gasteiger partial charge on any atom is -0.465 e. The largest absolute Gasteiger partial charge is 0.465 e. The van der Waals surface area contributed by atoms with Gasteiger partial charge in [0.05, 0.1) is 14.2 Å². The Labute approximate surface area is 112 Å². The third-order valence-corrected chi connectivity index (χ3v) is 3.71. The Bertz CT molecular complexity index is 717. The second-order valence-corrected chi connectivity index (χ2v) is 4.67. The zero-order valence-corrected chi connectivity index (χ0v) is 11.1. The Morgan fingerprint density at radius 2 is 1.68 bits per heavy atom. The summed E-state index contributed by atoms with van der Waals surface area (Å²) in [6.07, 6.45) is 0. The van der Waals surface area contributed by atoms with Crippen molar-refractivity contribution in [2.75, 3.05) is 14.2 Å². The van der Waals surface area contributed by atoms with Gasteiger partial charge in [0.15, 0.2) is 0 Å². The summed E-state index contributed by atoms with van der Waals surface area (Å²) in [5, 5.41) is 0.376. The maximum atomic E-state index is 12.3. The first-order valence-corrected chi connectivity index (χ1v) is 6.14.